The van der Waals surface area contributed by atoms with Crippen molar-refractivity contribution in [3.05, 3.63) is 0 Å². The lowest BCUT2D eigenvalue weighted by molar-refractivity contribution is -0.212. The summed E-state index contributed by atoms with van der Waals surface area (Å²) in [4.78, 5) is 52.4. The van der Waals surface area contributed by atoms with Gasteiger partial charge in [-0.2, -0.15) is 0 Å². The Bertz CT molecular complexity index is 574. The number of aliphatic hydroxyl groups excluding tert-OH is 3. The Kier molecular flexibility index (Phi) is 6.90. The molecule has 0 saturated heterocycles. The summed E-state index contributed by atoms with van der Waals surface area (Å²) in [6.45, 7) is 0. The molecular weight excluding hydrogens is 405 g/mol. The quantitative estimate of drug-likeness (QED) is 0.189. The Morgan fingerprint density at radius 2 is 0.750 bits per heavy atom. The maximum Gasteiger partial charge on any atom is 0.470 e. The SMILES string of the molecule is O=P(O)(O)OC1C(OP(=O)(O)O)[C@@H](O)C(O)[C@@H](OP(=O)(O)O)C1O. The Balaban J connectivity index is 3.23. The topological polar surface area (TPSA) is 261 Å². The van der Waals surface area contributed by atoms with Gasteiger partial charge in [-0.1, -0.05) is 0 Å². The predicted octanol–water partition coefficient (Wildman–Crippen LogP) is -3.48. The highest BCUT2D eigenvalue weighted by Gasteiger charge is 2.56. The van der Waals surface area contributed by atoms with E-state index >= 15 is 0 Å². The van der Waals surface area contributed by atoms with Crippen LogP contribution in [0, 0.1) is 0 Å². The number of phosphoric acid groups is 3. The summed E-state index contributed by atoms with van der Waals surface area (Å²) in [5.41, 5.74) is 0. The van der Waals surface area contributed by atoms with Crippen molar-refractivity contribution in [3.8, 4) is 0 Å². The number of aliphatic hydroxyl groups is 3. The monoisotopic (exact) mass is 420 g/mol. The van der Waals surface area contributed by atoms with Crippen LogP contribution in [0.4, 0.5) is 0 Å². The van der Waals surface area contributed by atoms with Crippen LogP contribution in [0.2, 0.25) is 0 Å². The van der Waals surface area contributed by atoms with E-state index in [-0.39, 0.29) is 0 Å². The zero-order valence-electron chi connectivity index (χ0n) is 11.3. The molecule has 4 unspecified atom stereocenters. The molecule has 15 nitrogen and oxygen atoms in total. The fourth-order valence-electron chi connectivity index (χ4n) is 2.01. The molecule has 0 aromatic carbocycles. The van der Waals surface area contributed by atoms with Crippen LogP contribution in [0.5, 0.6) is 0 Å². The first-order chi connectivity index (χ1) is 10.5. The molecule has 144 valence electrons. The maximum atomic E-state index is 10.9. The van der Waals surface area contributed by atoms with Gasteiger partial charge in [0, 0.05) is 0 Å². The third-order valence-electron chi connectivity index (χ3n) is 2.80. The highest BCUT2D eigenvalue weighted by atomic mass is 31.2. The Labute approximate surface area is 133 Å². The minimum absolute atomic E-state index is 2.32. The van der Waals surface area contributed by atoms with E-state index in [0.717, 1.165) is 0 Å². The molecule has 0 spiro atoms. The molecule has 0 heterocycles. The van der Waals surface area contributed by atoms with Crippen molar-refractivity contribution in [1.82, 2.24) is 0 Å². The van der Waals surface area contributed by atoms with Crippen molar-refractivity contribution < 1.29 is 71.9 Å². The van der Waals surface area contributed by atoms with Crippen molar-refractivity contribution in [2.75, 3.05) is 0 Å². The van der Waals surface area contributed by atoms with E-state index in [0.29, 0.717) is 0 Å². The van der Waals surface area contributed by atoms with Crippen LogP contribution in [-0.4, -0.2) is 81.3 Å². The molecule has 0 aliphatic heterocycles. The van der Waals surface area contributed by atoms with E-state index in [1.165, 1.54) is 0 Å². The second-order valence-corrected chi connectivity index (χ2v) is 8.23. The standard InChI is InChI=1S/C6H15O15P3/c7-1-2(8)5(20-23(13,14)15)6(21-24(16,17)18)3(9)4(1)19-22(10,11)12/h1-9H,(H2,10,11,12)(H2,13,14,15)(H2,16,17,18)/t1?,2-,3?,4+,5?,6?/m0/s1. The van der Waals surface area contributed by atoms with Crippen LogP contribution in [0.1, 0.15) is 0 Å². The van der Waals surface area contributed by atoms with E-state index < -0.39 is 60.1 Å². The van der Waals surface area contributed by atoms with Gasteiger partial charge in [0.1, 0.15) is 36.6 Å². The van der Waals surface area contributed by atoms with Crippen molar-refractivity contribution in [2.24, 2.45) is 0 Å². The summed E-state index contributed by atoms with van der Waals surface area (Å²) in [6, 6.07) is 0. The molecule has 0 radical (unpaired) electrons. The molecule has 9 N–H and O–H groups in total. The summed E-state index contributed by atoms with van der Waals surface area (Å²) >= 11 is 0. The molecule has 0 bridgehead atoms. The summed E-state index contributed by atoms with van der Waals surface area (Å²) < 4.78 is 44.7. The molecule has 6 atom stereocenters. The Hall–Kier alpha value is 0.210. The van der Waals surface area contributed by atoms with Crippen LogP contribution in [0.3, 0.4) is 0 Å². The summed E-state index contributed by atoms with van der Waals surface area (Å²) in [7, 11) is -16.2. The average molecular weight is 420 g/mol. The first kappa shape index (κ1) is 22.3. The number of hydrogen-bond acceptors (Lipinski definition) is 9. The fraction of sp³-hybridized carbons (Fsp3) is 1.00. The molecule has 0 amide bonds. The smallest absolute Gasteiger partial charge is 0.387 e. The first-order valence-corrected chi connectivity index (χ1v) is 10.4. The normalized spacial score (nSPS) is 35.9. The maximum absolute atomic E-state index is 10.9. The van der Waals surface area contributed by atoms with Gasteiger partial charge in [-0.3, -0.25) is 13.6 Å². The Morgan fingerprint density at radius 3 is 1.08 bits per heavy atom. The molecule has 24 heavy (non-hydrogen) atoms. The number of phosphoric ester groups is 3. The minimum Gasteiger partial charge on any atom is -0.387 e. The van der Waals surface area contributed by atoms with Crippen LogP contribution < -0.4 is 0 Å². The lowest BCUT2D eigenvalue weighted by atomic mass is 9.85. The van der Waals surface area contributed by atoms with E-state index in [4.69, 9.17) is 29.4 Å². The van der Waals surface area contributed by atoms with Gasteiger partial charge in [0.2, 0.25) is 0 Å². The first-order valence-electron chi connectivity index (χ1n) is 5.78. The third-order valence-corrected chi connectivity index (χ3v) is 4.35. The molecular formula is C6H15O15P3. The van der Waals surface area contributed by atoms with E-state index in [2.05, 4.69) is 13.6 Å². The molecule has 1 saturated carbocycles. The molecule has 1 aliphatic rings. The van der Waals surface area contributed by atoms with Gasteiger partial charge in [-0.05, 0) is 0 Å². The van der Waals surface area contributed by atoms with Gasteiger partial charge in [0.05, 0.1) is 0 Å². The third kappa shape index (κ3) is 6.50. The number of hydrogen-bond donors (Lipinski definition) is 9. The van der Waals surface area contributed by atoms with Gasteiger partial charge in [0.25, 0.3) is 0 Å². The average Bonchev–Trinajstić information content (AvgIpc) is 2.32. The highest BCUT2D eigenvalue weighted by molar-refractivity contribution is 7.46. The zero-order valence-corrected chi connectivity index (χ0v) is 14.0. The Morgan fingerprint density at radius 1 is 0.500 bits per heavy atom. The van der Waals surface area contributed by atoms with E-state index in [9.17, 15) is 29.0 Å². The van der Waals surface area contributed by atoms with E-state index in [1.807, 2.05) is 0 Å². The minimum atomic E-state index is -5.43. The largest absolute Gasteiger partial charge is 0.470 e. The second kappa shape index (κ2) is 7.45. The molecule has 18 heteroatoms. The van der Waals surface area contributed by atoms with Crippen LogP contribution in [-0.2, 0) is 27.3 Å². The van der Waals surface area contributed by atoms with Crippen molar-refractivity contribution in [3.63, 3.8) is 0 Å². The lowest BCUT2D eigenvalue weighted by Gasteiger charge is -2.44. The molecule has 1 aliphatic carbocycles. The number of rotatable bonds is 6. The fourth-order valence-corrected chi connectivity index (χ4v) is 3.70. The molecule has 1 rings (SSSR count). The van der Waals surface area contributed by atoms with Gasteiger partial charge < -0.3 is 44.7 Å². The molecule has 0 aromatic heterocycles. The van der Waals surface area contributed by atoms with Crippen LogP contribution in [0.15, 0.2) is 0 Å². The highest BCUT2D eigenvalue weighted by Crippen LogP contribution is 2.49. The van der Waals surface area contributed by atoms with Crippen molar-refractivity contribution in [1.29, 1.82) is 0 Å². The van der Waals surface area contributed by atoms with Gasteiger partial charge >= 0.3 is 23.5 Å². The van der Waals surface area contributed by atoms with Gasteiger partial charge in [0.15, 0.2) is 0 Å². The predicted molar refractivity (Wildman–Crippen MR) is 68.8 cm³/mol. The zero-order chi connectivity index (χ0) is 19.1. The van der Waals surface area contributed by atoms with Crippen molar-refractivity contribution in [2.45, 2.75) is 36.6 Å². The second-order valence-electron chi connectivity index (χ2n) is 4.65. The van der Waals surface area contributed by atoms with Crippen molar-refractivity contribution >= 4 is 23.5 Å². The van der Waals surface area contributed by atoms with Crippen LogP contribution >= 0.6 is 23.5 Å². The molecule has 0 aromatic rings. The summed E-state index contributed by atoms with van der Waals surface area (Å²) in [5, 5.41) is 29.3. The summed E-state index contributed by atoms with van der Waals surface area (Å²) in [6.07, 6.45) is -14.3. The molecule has 1 fully saturated rings. The van der Waals surface area contributed by atoms with E-state index in [1.54, 1.807) is 0 Å². The van der Waals surface area contributed by atoms with Crippen LogP contribution in [0.25, 0.3) is 0 Å². The lowest BCUT2D eigenvalue weighted by Crippen LogP contribution is -2.65. The van der Waals surface area contributed by atoms with Gasteiger partial charge in [-0.15, -0.1) is 0 Å². The summed E-state index contributed by atoms with van der Waals surface area (Å²) in [5.74, 6) is 0. The van der Waals surface area contributed by atoms with Gasteiger partial charge in [-0.25, -0.2) is 13.7 Å².